The molecule has 1 amide bonds. The molecule has 1 aliphatic heterocycles. The van der Waals surface area contributed by atoms with Crippen LogP contribution in [0.5, 0.6) is 11.5 Å². The first-order valence-corrected chi connectivity index (χ1v) is 9.44. The van der Waals surface area contributed by atoms with Gasteiger partial charge in [-0.05, 0) is 60.5 Å². The zero-order chi connectivity index (χ0) is 22.3. The van der Waals surface area contributed by atoms with Crippen LogP contribution in [-0.4, -0.2) is 27.0 Å². The van der Waals surface area contributed by atoms with Crippen LogP contribution in [0, 0.1) is 12.7 Å². The lowest BCUT2D eigenvalue weighted by Crippen LogP contribution is -2.29. The van der Waals surface area contributed by atoms with Crippen LogP contribution in [-0.2, 0) is 9.59 Å². The van der Waals surface area contributed by atoms with Crippen molar-refractivity contribution in [3.8, 4) is 11.5 Å². The topological polar surface area (TPSA) is 98.1 Å². The molecule has 0 radical (unpaired) electrons. The number of ketones is 1. The molecule has 0 bridgehead atoms. The van der Waals surface area contributed by atoms with Crippen molar-refractivity contribution in [2.45, 2.75) is 13.0 Å². The molecule has 31 heavy (non-hydrogen) atoms. The van der Waals surface area contributed by atoms with Crippen LogP contribution >= 0.6 is 0 Å². The number of amides is 1. The third kappa shape index (κ3) is 3.40. The van der Waals surface area contributed by atoms with Crippen LogP contribution in [0.15, 0.2) is 72.3 Å². The van der Waals surface area contributed by atoms with E-state index in [9.17, 15) is 29.3 Å². The summed E-state index contributed by atoms with van der Waals surface area (Å²) in [7, 11) is 0. The lowest BCUT2D eigenvalue weighted by molar-refractivity contribution is -0.132. The molecule has 0 spiro atoms. The highest BCUT2D eigenvalue weighted by molar-refractivity contribution is 6.51. The minimum absolute atomic E-state index is 0.0762. The third-order valence-corrected chi connectivity index (χ3v) is 5.20. The fourth-order valence-corrected chi connectivity index (χ4v) is 3.71. The van der Waals surface area contributed by atoms with E-state index in [-0.39, 0.29) is 33.9 Å². The van der Waals surface area contributed by atoms with E-state index >= 15 is 0 Å². The van der Waals surface area contributed by atoms with E-state index < -0.39 is 29.3 Å². The monoisotopic (exact) mass is 419 g/mol. The van der Waals surface area contributed by atoms with Crippen molar-refractivity contribution in [3.63, 3.8) is 0 Å². The number of carbonyl (C=O) groups is 2. The highest BCUT2D eigenvalue weighted by Crippen LogP contribution is 2.45. The number of aromatic hydroxyl groups is 2. The Morgan fingerprint density at radius 3 is 2.39 bits per heavy atom. The van der Waals surface area contributed by atoms with Crippen molar-refractivity contribution in [1.29, 1.82) is 0 Å². The molecule has 4 rings (SSSR count). The van der Waals surface area contributed by atoms with Gasteiger partial charge >= 0.3 is 0 Å². The molecule has 1 fully saturated rings. The summed E-state index contributed by atoms with van der Waals surface area (Å²) in [6.45, 7) is 1.51. The van der Waals surface area contributed by atoms with Gasteiger partial charge in [-0.25, -0.2) is 4.39 Å². The first-order valence-electron chi connectivity index (χ1n) is 9.44. The summed E-state index contributed by atoms with van der Waals surface area (Å²) >= 11 is 0. The Hall–Kier alpha value is -4.13. The Morgan fingerprint density at radius 2 is 1.71 bits per heavy atom. The standard InChI is InChI=1S/C24H18FNO5/c1-13-11-15(9-10-17(13)25)22(29)20-21(14-5-4-6-16(27)12-14)26(24(31)23(20)30)18-7-2-3-8-19(18)28/h2-12,21,27-29H,1H3/b22-20-. The van der Waals surface area contributed by atoms with E-state index in [1.807, 2.05) is 0 Å². The van der Waals surface area contributed by atoms with Gasteiger partial charge in [-0.2, -0.15) is 0 Å². The quantitative estimate of drug-likeness (QED) is 0.336. The summed E-state index contributed by atoms with van der Waals surface area (Å²) < 4.78 is 13.7. The molecule has 156 valence electrons. The summed E-state index contributed by atoms with van der Waals surface area (Å²) in [5.74, 6) is -3.19. The number of halogens is 1. The maximum Gasteiger partial charge on any atom is 0.300 e. The number of carbonyl (C=O) groups excluding carboxylic acids is 2. The first-order chi connectivity index (χ1) is 14.8. The molecular formula is C24H18FNO5. The molecule has 7 heteroatoms. The Bertz CT molecular complexity index is 1250. The van der Waals surface area contributed by atoms with Crippen LogP contribution in [0.4, 0.5) is 10.1 Å². The summed E-state index contributed by atoms with van der Waals surface area (Å²) in [5.41, 5.74) is 0.618. The van der Waals surface area contributed by atoms with Gasteiger partial charge in [0.1, 0.15) is 23.1 Å². The molecule has 0 aromatic heterocycles. The molecule has 3 N–H and O–H groups in total. The summed E-state index contributed by atoms with van der Waals surface area (Å²) in [6, 6.07) is 14.7. The number of para-hydroxylation sites is 2. The fraction of sp³-hybridized carbons (Fsp3) is 0.0833. The second kappa shape index (κ2) is 7.60. The van der Waals surface area contributed by atoms with Crippen LogP contribution in [0.2, 0.25) is 0 Å². The fourth-order valence-electron chi connectivity index (χ4n) is 3.71. The average Bonchev–Trinajstić information content (AvgIpc) is 3.01. The lowest BCUT2D eigenvalue weighted by atomic mass is 9.94. The SMILES string of the molecule is Cc1cc(/C(O)=C2/C(=O)C(=O)N(c3ccccc3O)C2c2cccc(O)c2)ccc1F. The van der Waals surface area contributed by atoms with Gasteiger partial charge in [-0.1, -0.05) is 24.3 Å². The molecule has 1 aliphatic rings. The Balaban J connectivity index is 1.99. The Kier molecular flexibility index (Phi) is 4.94. The van der Waals surface area contributed by atoms with E-state index in [2.05, 4.69) is 0 Å². The second-order valence-electron chi connectivity index (χ2n) is 7.22. The van der Waals surface area contributed by atoms with Gasteiger partial charge in [-0.15, -0.1) is 0 Å². The van der Waals surface area contributed by atoms with E-state index in [0.717, 1.165) is 11.0 Å². The number of Topliss-reactive ketones (excluding diaryl/α,β-unsaturated/α-hetero) is 1. The number of rotatable bonds is 3. The number of aliphatic hydroxyl groups excluding tert-OH is 1. The normalized spacial score (nSPS) is 17.9. The number of aryl methyl sites for hydroxylation is 1. The second-order valence-corrected chi connectivity index (χ2v) is 7.22. The predicted molar refractivity (Wildman–Crippen MR) is 112 cm³/mol. The summed E-state index contributed by atoms with van der Waals surface area (Å²) in [5, 5.41) is 31.3. The number of nitrogens with zero attached hydrogens (tertiary/aromatic N) is 1. The third-order valence-electron chi connectivity index (χ3n) is 5.20. The number of benzene rings is 3. The highest BCUT2D eigenvalue weighted by Gasteiger charge is 2.47. The molecule has 1 atom stereocenters. The Morgan fingerprint density at radius 1 is 0.968 bits per heavy atom. The molecule has 3 aromatic rings. The largest absolute Gasteiger partial charge is 0.508 e. The first kappa shape index (κ1) is 20.2. The van der Waals surface area contributed by atoms with Crippen molar-refractivity contribution in [3.05, 3.63) is 94.8 Å². The zero-order valence-electron chi connectivity index (χ0n) is 16.4. The maximum absolute atomic E-state index is 13.7. The Labute approximate surface area is 177 Å². The van der Waals surface area contributed by atoms with Crippen LogP contribution in [0.1, 0.15) is 22.7 Å². The van der Waals surface area contributed by atoms with Gasteiger partial charge in [0.2, 0.25) is 0 Å². The van der Waals surface area contributed by atoms with Gasteiger partial charge in [0, 0.05) is 5.56 Å². The molecule has 1 unspecified atom stereocenters. The number of hydrogen-bond acceptors (Lipinski definition) is 5. The maximum atomic E-state index is 13.7. The molecule has 1 heterocycles. The van der Waals surface area contributed by atoms with Crippen molar-refractivity contribution in [2.75, 3.05) is 4.90 Å². The smallest absolute Gasteiger partial charge is 0.300 e. The van der Waals surface area contributed by atoms with Gasteiger partial charge in [0.05, 0.1) is 17.3 Å². The van der Waals surface area contributed by atoms with E-state index in [0.29, 0.717) is 5.56 Å². The number of phenols is 2. The highest BCUT2D eigenvalue weighted by atomic mass is 19.1. The van der Waals surface area contributed by atoms with Crippen molar-refractivity contribution < 1.29 is 29.3 Å². The van der Waals surface area contributed by atoms with E-state index in [4.69, 9.17) is 0 Å². The molecular weight excluding hydrogens is 401 g/mol. The van der Waals surface area contributed by atoms with Crippen molar-refractivity contribution in [1.82, 2.24) is 0 Å². The number of hydrogen-bond donors (Lipinski definition) is 3. The summed E-state index contributed by atoms with van der Waals surface area (Å²) in [4.78, 5) is 27.1. The van der Waals surface area contributed by atoms with Gasteiger partial charge in [0.25, 0.3) is 11.7 Å². The number of anilines is 1. The molecule has 1 saturated heterocycles. The van der Waals surface area contributed by atoms with Crippen LogP contribution in [0.25, 0.3) is 5.76 Å². The number of phenolic OH excluding ortho intramolecular Hbond substituents is 2. The van der Waals surface area contributed by atoms with Gasteiger partial charge in [-0.3, -0.25) is 14.5 Å². The van der Waals surface area contributed by atoms with Crippen molar-refractivity contribution in [2.24, 2.45) is 0 Å². The lowest BCUT2D eigenvalue weighted by Gasteiger charge is -2.26. The molecule has 3 aromatic carbocycles. The van der Waals surface area contributed by atoms with Gasteiger partial charge < -0.3 is 15.3 Å². The van der Waals surface area contributed by atoms with Crippen molar-refractivity contribution >= 4 is 23.1 Å². The molecule has 0 saturated carbocycles. The minimum atomic E-state index is -1.12. The molecule has 0 aliphatic carbocycles. The van der Waals surface area contributed by atoms with Gasteiger partial charge in [0.15, 0.2) is 0 Å². The average molecular weight is 419 g/mol. The summed E-state index contributed by atoms with van der Waals surface area (Å²) in [6.07, 6.45) is 0. The zero-order valence-corrected chi connectivity index (χ0v) is 16.4. The van der Waals surface area contributed by atoms with E-state index in [1.54, 1.807) is 18.2 Å². The molecule has 6 nitrogen and oxygen atoms in total. The van der Waals surface area contributed by atoms with Crippen LogP contribution in [0.3, 0.4) is 0 Å². The van der Waals surface area contributed by atoms with E-state index in [1.165, 1.54) is 49.4 Å². The number of aliphatic hydroxyl groups is 1. The minimum Gasteiger partial charge on any atom is -0.508 e. The van der Waals surface area contributed by atoms with Crippen LogP contribution < -0.4 is 4.90 Å². The predicted octanol–water partition coefficient (Wildman–Crippen LogP) is 4.17.